The van der Waals surface area contributed by atoms with Crippen LogP contribution >= 0.6 is 15.9 Å². The maximum atomic E-state index is 5.24. The Labute approximate surface area is 141 Å². The molecule has 0 amide bonds. The van der Waals surface area contributed by atoms with E-state index in [0.717, 1.165) is 36.2 Å². The minimum absolute atomic E-state index is 0.874. The van der Waals surface area contributed by atoms with Crippen LogP contribution in [-0.2, 0) is 0 Å². The van der Waals surface area contributed by atoms with Crippen molar-refractivity contribution in [2.24, 2.45) is 0 Å². The SMILES string of the molecule is COc1ccc(N(CCCCBr)c2ccc(OC)cc2)cc1. The van der Waals surface area contributed by atoms with Crippen molar-refractivity contribution in [3.63, 3.8) is 0 Å². The van der Waals surface area contributed by atoms with Crippen molar-refractivity contribution in [2.75, 3.05) is 31.0 Å². The second kappa shape index (κ2) is 8.69. The molecule has 0 spiro atoms. The lowest BCUT2D eigenvalue weighted by Crippen LogP contribution is -2.18. The van der Waals surface area contributed by atoms with Crippen molar-refractivity contribution in [1.82, 2.24) is 0 Å². The predicted molar refractivity (Wildman–Crippen MR) is 96.0 cm³/mol. The molecule has 118 valence electrons. The summed E-state index contributed by atoms with van der Waals surface area (Å²) in [6.07, 6.45) is 2.28. The lowest BCUT2D eigenvalue weighted by atomic mass is 10.2. The number of nitrogens with zero attached hydrogens (tertiary/aromatic N) is 1. The lowest BCUT2D eigenvalue weighted by Gasteiger charge is -2.25. The Morgan fingerprint density at radius 2 is 1.23 bits per heavy atom. The van der Waals surface area contributed by atoms with E-state index in [4.69, 9.17) is 9.47 Å². The number of benzene rings is 2. The van der Waals surface area contributed by atoms with Gasteiger partial charge in [-0.15, -0.1) is 0 Å². The van der Waals surface area contributed by atoms with Gasteiger partial charge in [-0.1, -0.05) is 15.9 Å². The fraction of sp³-hybridized carbons (Fsp3) is 0.333. The molecule has 0 saturated heterocycles. The Balaban J connectivity index is 2.23. The van der Waals surface area contributed by atoms with E-state index >= 15 is 0 Å². The number of rotatable bonds is 8. The van der Waals surface area contributed by atoms with Crippen LogP contribution in [0.15, 0.2) is 48.5 Å². The van der Waals surface area contributed by atoms with Crippen molar-refractivity contribution in [3.8, 4) is 11.5 Å². The van der Waals surface area contributed by atoms with Gasteiger partial charge in [0.2, 0.25) is 0 Å². The topological polar surface area (TPSA) is 21.7 Å². The number of hydrogen-bond donors (Lipinski definition) is 0. The van der Waals surface area contributed by atoms with E-state index < -0.39 is 0 Å². The maximum absolute atomic E-state index is 5.24. The lowest BCUT2D eigenvalue weighted by molar-refractivity contribution is 0.415. The summed E-state index contributed by atoms with van der Waals surface area (Å²) in [5, 5.41) is 1.03. The number of anilines is 2. The number of hydrogen-bond acceptors (Lipinski definition) is 3. The van der Waals surface area contributed by atoms with Crippen molar-refractivity contribution < 1.29 is 9.47 Å². The summed E-state index contributed by atoms with van der Waals surface area (Å²) in [7, 11) is 3.37. The quantitative estimate of drug-likeness (QED) is 0.485. The third-order valence-electron chi connectivity index (χ3n) is 3.53. The highest BCUT2D eigenvalue weighted by atomic mass is 79.9. The zero-order chi connectivity index (χ0) is 15.8. The molecule has 0 aromatic heterocycles. The van der Waals surface area contributed by atoms with Crippen molar-refractivity contribution in [2.45, 2.75) is 12.8 Å². The molecule has 0 bridgehead atoms. The van der Waals surface area contributed by atoms with Gasteiger partial charge in [0, 0.05) is 23.2 Å². The normalized spacial score (nSPS) is 10.3. The number of ether oxygens (including phenoxy) is 2. The molecule has 0 saturated carbocycles. The van der Waals surface area contributed by atoms with E-state index in [1.165, 1.54) is 11.4 Å². The molecular formula is C18H22BrNO2. The maximum Gasteiger partial charge on any atom is 0.119 e. The average molecular weight is 364 g/mol. The number of unbranched alkanes of at least 4 members (excludes halogenated alkanes) is 1. The monoisotopic (exact) mass is 363 g/mol. The first-order chi connectivity index (χ1) is 10.8. The van der Waals surface area contributed by atoms with Crippen LogP contribution in [0.25, 0.3) is 0 Å². The predicted octanol–water partition coefficient (Wildman–Crippen LogP) is 5.02. The van der Waals surface area contributed by atoms with Gasteiger partial charge >= 0.3 is 0 Å². The molecule has 2 rings (SSSR count). The fourth-order valence-corrected chi connectivity index (χ4v) is 2.69. The van der Waals surface area contributed by atoms with Gasteiger partial charge in [0.15, 0.2) is 0 Å². The van der Waals surface area contributed by atoms with E-state index in [0.29, 0.717) is 0 Å². The highest BCUT2D eigenvalue weighted by Crippen LogP contribution is 2.29. The van der Waals surface area contributed by atoms with Gasteiger partial charge in [-0.05, 0) is 61.4 Å². The highest BCUT2D eigenvalue weighted by molar-refractivity contribution is 9.09. The van der Waals surface area contributed by atoms with Gasteiger partial charge in [0.05, 0.1) is 14.2 Å². The molecule has 22 heavy (non-hydrogen) atoms. The summed E-state index contributed by atoms with van der Waals surface area (Å²) < 4.78 is 10.5. The van der Waals surface area contributed by atoms with Gasteiger partial charge in [-0.25, -0.2) is 0 Å². The molecule has 4 heteroatoms. The van der Waals surface area contributed by atoms with E-state index in [9.17, 15) is 0 Å². The summed E-state index contributed by atoms with van der Waals surface area (Å²) in [4.78, 5) is 2.32. The molecule has 0 aliphatic carbocycles. The average Bonchev–Trinajstić information content (AvgIpc) is 2.59. The summed E-state index contributed by atoms with van der Waals surface area (Å²) >= 11 is 3.50. The second-order valence-corrected chi connectivity index (χ2v) is 5.74. The van der Waals surface area contributed by atoms with Crippen LogP contribution < -0.4 is 14.4 Å². The van der Waals surface area contributed by atoms with Crippen LogP contribution in [0.5, 0.6) is 11.5 Å². The van der Waals surface area contributed by atoms with Gasteiger partial charge in [-0.2, -0.15) is 0 Å². The highest BCUT2D eigenvalue weighted by Gasteiger charge is 2.09. The van der Waals surface area contributed by atoms with E-state index in [2.05, 4.69) is 45.1 Å². The van der Waals surface area contributed by atoms with Gasteiger partial charge in [0.25, 0.3) is 0 Å². The minimum Gasteiger partial charge on any atom is -0.497 e. The minimum atomic E-state index is 0.874. The summed E-state index contributed by atoms with van der Waals surface area (Å²) in [6.45, 7) is 0.976. The van der Waals surface area contributed by atoms with Crippen molar-refractivity contribution in [1.29, 1.82) is 0 Å². The molecule has 0 N–H and O–H groups in total. The molecule has 0 unspecified atom stereocenters. The Morgan fingerprint density at radius 3 is 1.59 bits per heavy atom. The first-order valence-electron chi connectivity index (χ1n) is 7.40. The summed E-state index contributed by atoms with van der Waals surface area (Å²) in [6, 6.07) is 16.4. The summed E-state index contributed by atoms with van der Waals surface area (Å²) in [5.41, 5.74) is 2.33. The molecule has 0 fully saturated rings. The van der Waals surface area contributed by atoms with Crippen LogP contribution in [0.3, 0.4) is 0 Å². The molecule has 0 heterocycles. The number of alkyl halides is 1. The zero-order valence-corrected chi connectivity index (χ0v) is 14.7. The van der Waals surface area contributed by atoms with Gasteiger partial charge in [0.1, 0.15) is 11.5 Å². The van der Waals surface area contributed by atoms with Crippen molar-refractivity contribution >= 4 is 27.3 Å². The molecule has 0 aliphatic heterocycles. The van der Waals surface area contributed by atoms with Crippen molar-refractivity contribution in [3.05, 3.63) is 48.5 Å². The van der Waals surface area contributed by atoms with E-state index in [1.807, 2.05) is 24.3 Å². The number of methoxy groups -OCH3 is 2. The Morgan fingerprint density at radius 1 is 0.773 bits per heavy atom. The zero-order valence-electron chi connectivity index (χ0n) is 13.1. The van der Waals surface area contributed by atoms with Crippen LogP contribution in [0.2, 0.25) is 0 Å². The Hall–Kier alpha value is -1.68. The second-order valence-electron chi connectivity index (χ2n) is 4.94. The Kier molecular flexibility index (Phi) is 6.59. The molecule has 0 radical (unpaired) electrons. The third-order valence-corrected chi connectivity index (χ3v) is 4.09. The summed E-state index contributed by atoms with van der Waals surface area (Å²) in [5.74, 6) is 1.75. The first-order valence-corrected chi connectivity index (χ1v) is 8.52. The molecule has 0 atom stereocenters. The fourth-order valence-electron chi connectivity index (χ4n) is 2.30. The molecule has 0 aliphatic rings. The van der Waals surface area contributed by atoms with E-state index in [1.54, 1.807) is 14.2 Å². The molecule has 2 aromatic rings. The van der Waals surface area contributed by atoms with Crippen LogP contribution in [0.1, 0.15) is 12.8 Å². The van der Waals surface area contributed by atoms with Crippen LogP contribution in [0.4, 0.5) is 11.4 Å². The smallest absolute Gasteiger partial charge is 0.119 e. The Bertz CT molecular complexity index is 507. The van der Waals surface area contributed by atoms with Gasteiger partial charge < -0.3 is 14.4 Å². The first kappa shape index (κ1) is 16.7. The van der Waals surface area contributed by atoms with Crippen LogP contribution in [-0.4, -0.2) is 26.1 Å². The van der Waals surface area contributed by atoms with E-state index in [-0.39, 0.29) is 0 Å². The molecule has 2 aromatic carbocycles. The standard InChI is InChI=1S/C18H22BrNO2/c1-21-17-9-5-15(6-10-17)20(14-4-3-13-19)16-7-11-18(22-2)12-8-16/h5-12H,3-4,13-14H2,1-2H3. The number of halogens is 1. The van der Waals surface area contributed by atoms with Gasteiger partial charge in [-0.3, -0.25) is 0 Å². The third kappa shape index (κ3) is 4.41. The largest absolute Gasteiger partial charge is 0.497 e. The molecule has 3 nitrogen and oxygen atoms in total. The van der Waals surface area contributed by atoms with Crippen LogP contribution in [0, 0.1) is 0 Å². The molecular weight excluding hydrogens is 342 g/mol.